The van der Waals surface area contributed by atoms with Crippen LogP contribution in [0.1, 0.15) is 32.8 Å². The Labute approximate surface area is 177 Å². The fourth-order valence-corrected chi connectivity index (χ4v) is 3.55. The van der Waals surface area contributed by atoms with Crippen LogP contribution in [0.15, 0.2) is 52.4 Å². The van der Waals surface area contributed by atoms with Crippen LogP contribution in [-0.4, -0.2) is 49.1 Å². The molecule has 0 bridgehead atoms. The predicted octanol–water partition coefficient (Wildman–Crippen LogP) is 5.13. The zero-order valence-electron chi connectivity index (χ0n) is 18.3. The summed E-state index contributed by atoms with van der Waals surface area (Å²) in [6.07, 6.45) is 8.35. The highest BCUT2D eigenvalue weighted by Gasteiger charge is 2.23. The number of halogens is 1. The molecule has 1 aliphatic heterocycles. The Hall–Kier alpha value is -3.02. The maximum atomic E-state index is 14.0. The Morgan fingerprint density at radius 3 is 2.77 bits per heavy atom. The first kappa shape index (κ1) is 21.7. The SMILES string of the molecule is CCC(/C=C(\C=NC)N1CC(C)C1)=N/C=C(\C)c1ccnc2cc(F)c(OC)cc12. The molecule has 0 amide bonds. The first-order chi connectivity index (χ1) is 14.5. The summed E-state index contributed by atoms with van der Waals surface area (Å²) in [6, 6.07) is 5.01. The van der Waals surface area contributed by atoms with Crippen molar-refractivity contribution >= 4 is 28.4 Å². The summed E-state index contributed by atoms with van der Waals surface area (Å²) in [5.74, 6) is 0.500. The van der Waals surface area contributed by atoms with Crippen LogP contribution in [0.25, 0.3) is 16.5 Å². The predicted molar refractivity (Wildman–Crippen MR) is 123 cm³/mol. The quantitative estimate of drug-likeness (QED) is 0.597. The molecular formula is C24H29FN4O. The third kappa shape index (κ3) is 4.75. The molecular weight excluding hydrogens is 379 g/mol. The van der Waals surface area contributed by atoms with Crippen molar-refractivity contribution in [2.24, 2.45) is 15.9 Å². The average molecular weight is 409 g/mol. The fraction of sp³-hybridized carbons (Fsp3) is 0.375. The van der Waals surface area contributed by atoms with Crippen molar-refractivity contribution in [3.05, 3.63) is 53.7 Å². The summed E-state index contributed by atoms with van der Waals surface area (Å²) in [5, 5.41) is 0.835. The zero-order valence-corrected chi connectivity index (χ0v) is 18.3. The Balaban J connectivity index is 1.95. The van der Waals surface area contributed by atoms with Gasteiger partial charge in [-0.1, -0.05) is 13.8 Å². The summed E-state index contributed by atoms with van der Waals surface area (Å²) in [7, 11) is 3.25. The topological polar surface area (TPSA) is 50.1 Å². The second kappa shape index (κ2) is 9.65. The first-order valence-electron chi connectivity index (χ1n) is 10.2. The number of benzene rings is 1. The summed E-state index contributed by atoms with van der Waals surface area (Å²) < 4.78 is 19.2. The minimum absolute atomic E-state index is 0.206. The van der Waals surface area contributed by atoms with Crippen LogP contribution in [0.2, 0.25) is 0 Å². The van der Waals surface area contributed by atoms with Gasteiger partial charge in [0.25, 0.3) is 0 Å². The van der Waals surface area contributed by atoms with E-state index in [1.54, 1.807) is 19.3 Å². The van der Waals surface area contributed by atoms with E-state index in [9.17, 15) is 4.39 Å². The second-order valence-electron chi connectivity index (χ2n) is 7.62. The molecule has 1 aromatic heterocycles. The average Bonchev–Trinajstić information content (AvgIpc) is 2.72. The molecule has 0 N–H and O–H groups in total. The highest BCUT2D eigenvalue weighted by atomic mass is 19.1. The Morgan fingerprint density at radius 1 is 1.37 bits per heavy atom. The number of methoxy groups -OCH3 is 1. The molecule has 0 atom stereocenters. The molecule has 6 heteroatoms. The molecule has 0 unspecified atom stereocenters. The van der Waals surface area contributed by atoms with Crippen LogP contribution < -0.4 is 4.74 Å². The van der Waals surface area contributed by atoms with Gasteiger partial charge in [0.1, 0.15) is 0 Å². The van der Waals surface area contributed by atoms with Gasteiger partial charge in [0.15, 0.2) is 11.6 Å². The largest absolute Gasteiger partial charge is 0.494 e. The van der Waals surface area contributed by atoms with Gasteiger partial charge in [-0.3, -0.25) is 15.0 Å². The number of nitrogens with zero attached hydrogens (tertiary/aromatic N) is 4. The number of hydrogen-bond donors (Lipinski definition) is 0. The van der Waals surface area contributed by atoms with E-state index in [0.29, 0.717) is 11.4 Å². The standard InChI is InChI=1S/C24H29FN4O/c1-6-18(9-19(13-26-4)29-14-16(2)15-29)28-12-17(3)20-7-8-27-23-11-22(25)24(30-5)10-21(20)23/h7-13,16H,6,14-15H2,1-5H3/b17-12+,19-9+,26-13?,28-18-. The van der Waals surface area contributed by atoms with Gasteiger partial charge >= 0.3 is 0 Å². The van der Waals surface area contributed by atoms with E-state index >= 15 is 0 Å². The van der Waals surface area contributed by atoms with Crippen LogP contribution in [-0.2, 0) is 0 Å². The molecule has 1 saturated heterocycles. The van der Waals surface area contributed by atoms with E-state index in [0.717, 1.165) is 47.4 Å². The van der Waals surface area contributed by atoms with Crippen LogP contribution in [0, 0.1) is 11.7 Å². The van der Waals surface area contributed by atoms with Crippen molar-refractivity contribution in [1.29, 1.82) is 0 Å². The molecule has 1 aliphatic rings. The maximum absolute atomic E-state index is 14.0. The van der Waals surface area contributed by atoms with E-state index in [2.05, 4.69) is 34.8 Å². The minimum atomic E-state index is -0.418. The molecule has 30 heavy (non-hydrogen) atoms. The van der Waals surface area contributed by atoms with Gasteiger partial charge in [0.2, 0.25) is 0 Å². The maximum Gasteiger partial charge on any atom is 0.167 e. The summed E-state index contributed by atoms with van der Waals surface area (Å²) in [6.45, 7) is 8.43. The van der Waals surface area contributed by atoms with E-state index in [4.69, 9.17) is 9.73 Å². The lowest BCUT2D eigenvalue weighted by atomic mass is 10.0. The van der Waals surface area contributed by atoms with Gasteiger partial charge in [-0.15, -0.1) is 0 Å². The highest BCUT2D eigenvalue weighted by molar-refractivity contribution is 6.00. The molecule has 1 aromatic carbocycles. The monoisotopic (exact) mass is 408 g/mol. The molecule has 158 valence electrons. The van der Waals surface area contributed by atoms with Crippen LogP contribution in [0.3, 0.4) is 0 Å². The zero-order chi connectivity index (χ0) is 21.7. The number of pyridine rings is 1. The summed E-state index contributed by atoms with van der Waals surface area (Å²) in [4.78, 5) is 15.5. The Kier molecular flexibility index (Phi) is 6.98. The molecule has 2 heterocycles. The van der Waals surface area contributed by atoms with E-state index < -0.39 is 5.82 Å². The van der Waals surface area contributed by atoms with Crippen molar-refractivity contribution in [3.8, 4) is 5.75 Å². The number of likely N-dealkylation sites (tertiary alicyclic amines) is 1. The highest BCUT2D eigenvalue weighted by Crippen LogP contribution is 2.29. The van der Waals surface area contributed by atoms with Crippen molar-refractivity contribution < 1.29 is 9.13 Å². The van der Waals surface area contributed by atoms with Gasteiger partial charge in [-0.2, -0.15) is 0 Å². The number of aromatic nitrogens is 1. The van der Waals surface area contributed by atoms with Crippen molar-refractivity contribution in [2.45, 2.75) is 27.2 Å². The molecule has 3 rings (SSSR count). The third-order valence-corrected chi connectivity index (χ3v) is 5.23. The van der Waals surface area contributed by atoms with Crippen molar-refractivity contribution in [1.82, 2.24) is 9.88 Å². The van der Waals surface area contributed by atoms with E-state index in [1.807, 2.05) is 25.4 Å². The number of aliphatic imine (C=N–C) groups is 2. The molecule has 0 radical (unpaired) electrons. The number of fused-ring (bicyclic) bond motifs is 1. The molecule has 0 aliphatic carbocycles. The Morgan fingerprint density at radius 2 is 2.13 bits per heavy atom. The molecule has 5 nitrogen and oxygen atoms in total. The van der Waals surface area contributed by atoms with E-state index in [1.165, 1.54) is 13.2 Å². The number of hydrogen-bond acceptors (Lipinski definition) is 5. The van der Waals surface area contributed by atoms with Crippen LogP contribution in [0.4, 0.5) is 4.39 Å². The molecule has 1 fully saturated rings. The fourth-order valence-electron chi connectivity index (χ4n) is 3.55. The smallest absolute Gasteiger partial charge is 0.167 e. The number of allylic oxidation sites excluding steroid dienone is 3. The normalized spacial score (nSPS) is 16.5. The van der Waals surface area contributed by atoms with E-state index in [-0.39, 0.29) is 5.75 Å². The van der Waals surface area contributed by atoms with Gasteiger partial charge in [0.05, 0.1) is 18.3 Å². The number of rotatable bonds is 7. The second-order valence-corrected chi connectivity index (χ2v) is 7.62. The van der Waals surface area contributed by atoms with Crippen molar-refractivity contribution in [2.75, 3.05) is 27.2 Å². The minimum Gasteiger partial charge on any atom is -0.494 e. The van der Waals surface area contributed by atoms with Gasteiger partial charge in [-0.25, -0.2) is 4.39 Å². The molecule has 0 saturated carbocycles. The third-order valence-electron chi connectivity index (χ3n) is 5.23. The lowest BCUT2D eigenvalue weighted by Crippen LogP contribution is -2.44. The van der Waals surface area contributed by atoms with Gasteiger partial charge in [-0.05, 0) is 48.6 Å². The lowest BCUT2D eigenvalue weighted by molar-refractivity contribution is 0.168. The van der Waals surface area contributed by atoms with Crippen LogP contribution >= 0.6 is 0 Å². The van der Waals surface area contributed by atoms with Crippen LogP contribution in [0.5, 0.6) is 5.75 Å². The number of ether oxygens (including phenoxy) is 1. The van der Waals surface area contributed by atoms with Gasteiger partial charge < -0.3 is 9.64 Å². The summed E-state index contributed by atoms with van der Waals surface area (Å²) in [5.41, 5.74) is 4.58. The molecule has 2 aromatic rings. The molecule has 0 spiro atoms. The summed E-state index contributed by atoms with van der Waals surface area (Å²) >= 11 is 0. The lowest BCUT2D eigenvalue weighted by Gasteiger charge is -2.39. The first-order valence-corrected chi connectivity index (χ1v) is 10.2. The Bertz CT molecular complexity index is 1030. The van der Waals surface area contributed by atoms with Gasteiger partial charge in [0, 0.05) is 55.9 Å². The van der Waals surface area contributed by atoms with Crippen molar-refractivity contribution in [3.63, 3.8) is 0 Å².